The molecule has 1 aromatic heterocycles. The van der Waals surface area contributed by atoms with Crippen LogP contribution in [-0.4, -0.2) is 50.0 Å². The molecule has 0 bridgehead atoms. The molecule has 0 aliphatic rings. The maximum Gasteiger partial charge on any atom is 0.337 e. The second kappa shape index (κ2) is 11.4. The summed E-state index contributed by atoms with van der Waals surface area (Å²) in [7, 11) is 1.34. The summed E-state index contributed by atoms with van der Waals surface area (Å²) in [6.45, 7) is 5.82. The van der Waals surface area contributed by atoms with E-state index in [9.17, 15) is 9.59 Å². The summed E-state index contributed by atoms with van der Waals surface area (Å²) < 4.78 is 24.0. The van der Waals surface area contributed by atoms with Crippen molar-refractivity contribution in [2.24, 2.45) is 4.99 Å². The Kier molecular flexibility index (Phi) is 8.41. The Morgan fingerprint density at radius 2 is 1.72 bits per heavy atom. The largest absolute Gasteiger partial charge is 0.494 e. The van der Waals surface area contributed by atoms with Crippen molar-refractivity contribution < 1.29 is 28.5 Å². The fourth-order valence-corrected chi connectivity index (χ4v) is 4.12. The molecular weight excluding hydrogens is 432 g/mol. The van der Waals surface area contributed by atoms with Crippen molar-refractivity contribution in [1.82, 2.24) is 4.57 Å². The van der Waals surface area contributed by atoms with E-state index in [-0.39, 0.29) is 6.61 Å². The molecule has 1 amide bonds. The van der Waals surface area contributed by atoms with Gasteiger partial charge in [0.15, 0.2) is 11.4 Å². The Morgan fingerprint density at radius 1 is 1.00 bits per heavy atom. The lowest BCUT2D eigenvalue weighted by Gasteiger charge is -2.07. The van der Waals surface area contributed by atoms with Crippen LogP contribution in [0.3, 0.4) is 0 Å². The van der Waals surface area contributed by atoms with Crippen molar-refractivity contribution in [1.29, 1.82) is 0 Å². The van der Waals surface area contributed by atoms with Crippen molar-refractivity contribution in [2.45, 2.75) is 20.4 Å². The molecule has 1 heterocycles. The standard InChI is InChI=1S/C23H26N2O6S/c1-4-29-13-12-25-19-11-6-16(22(27)28-3)14-20(19)32-23(25)24-21(26)15-31-18-9-7-17(8-10-18)30-5-2/h6-11,14H,4-5,12-13,15H2,1-3H3. The van der Waals surface area contributed by atoms with Crippen molar-refractivity contribution in [3.8, 4) is 11.5 Å². The van der Waals surface area contributed by atoms with Crippen molar-refractivity contribution in [2.75, 3.05) is 33.5 Å². The summed E-state index contributed by atoms with van der Waals surface area (Å²) in [5, 5.41) is 0. The van der Waals surface area contributed by atoms with Crippen LogP contribution in [0.25, 0.3) is 10.2 Å². The predicted octanol–water partition coefficient (Wildman–Crippen LogP) is 3.43. The van der Waals surface area contributed by atoms with Crippen LogP contribution in [0, 0.1) is 0 Å². The highest BCUT2D eigenvalue weighted by Crippen LogP contribution is 2.20. The van der Waals surface area contributed by atoms with E-state index < -0.39 is 11.9 Å². The van der Waals surface area contributed by atoms with E-state index in [0.29, 0.717) is 42.5 Å². The van der Waals surface area contributed by atoms with Crippen LogP contribution in [-0.2, 0) is 20.8 Å². The van der Waals surface area contributed by atoms with E-state index in [0.717, 1.165) is 16.0 Å². The minimum absolute atomic E-state index is 0.193. The Balaban J connectivity index is 1.82. The van der Waals surface area contributed by atoms with Gasteiger partial charge in [0, 0.05) is 13.2 Å². The number of amides is 1. The lowest BCUT2D eigenvalue weighted by atomic mass is 10.2. The molecule has 9 heteroatoms. The lowest BCUT2D eigenvalue weighted by Crippen LogP contribution is -2.21. The first-order valence-corrected chi connectivity index (χ1v) is 11.1. The summed E-state index contributed by atoms with van der Waals surface area (Å²) in [4.78, 5) is 29.1. The minimum Gasteiger partial charge on any atom is -0.494 e. The molecule has 3 rings (SSSR count). The Morgan fingerprint density at radius 3 is 2.38 bits per heavy atom. The molecular formula is C23H26N2O6S. The van der Waals surface area contributed by atoms with E-state index in [2.05, 4.69) is 4.99 Å². The van der Waals surface area contributed by atoms with E-state index in [1.165, 1.54) is 18.4 Å². The number of ether oxygens (including phenoxy) is 4. The van der Waals surface area contributed by atoms with Crippen molar-refractivity contribution in [3.05, 3.63) is 52.8 Å². The number of carbonyl (C=O) groups excluding carboxylic acids is 2. The van der Waals surface area contributed by atoms with E-state index in [1.54, 1.807) is 36.4 Å². The second-order valence-corrected chi connectivity index (χ2v) is 7.62. The van der Waals surface area contributed by atoms with E-state index in [4.69, 9.17) is 18.9 Å². The van der Waals surface area contributed by atoms with Gasteiger partial charge >= 0.3 is 5.97 Å². The topological polar surface area (TPSA) is 88.4 Å². The molecule has 0 saturated heterocycles. The highest BCUT2D eigenvalue weighted by Gasteiger charge is 2.12. The molecule has 0 atom stereocenters. The summed E-state index contributed by atoms with van der Waals surface area (Å²) in [5.74, 6) is 0.464. The number of methoxy groups -OCH3 is 1. The molecule has 0 aliphatic heterocycles. The van der Waals surface area contributed by atoms with Crippen molar-refractivity contribution >= 4 is 33.4 Å². The third-order valence-electron chi connectivity index (χ3n) is 4.48. The van der Waals surface area contributed by atoms with Crippen LogP contribution < -0.4 is 14.3 Å². The average Bonchev–Trinajstić information content (AvgIpc) is 3.14. The van der Waals surface area contributed by atoms with Gasteiger partial charge in [0.2, 0.25) is 0 Å². The monoisotopic (exact) mass is 458 g/mol. The zero-order chi connectivity index (χ0) is 22.9. The number of rotatable bonds is 10. The van der Waals surface area contributed by atoms with Crippen molar-refractivity contribution in [3.63, 3.8) is 0 Å². The van der Waals surface area contributed by atoms with Gasteiger partial charge in [-0.3, -0.25) is 4.79 Å². The minimum atomic E-state index is -0.417. The SMILES string of the molecule is CCOCCn1c(=NC(=O)COc2ccc(OCC)cc2)sc2cc(C(=O)OC)ccc21. The predicted molar refractivity (Wildman–Crippen MR) is 121 cm³/mol. The van der Waals surface area contributed by atoms with Crippen LogP contribution >= 0.6 is 11.3 Å². The molecule has 32 heavy (non-hydrogen) atoms. The van der Waals surface area contributed by atoms with Gasteiger partial charge in [-0.15, -0.1) is 0 Å². The molecule has 0 spiro atoms. The highest BCUT2D eigenvalue weighted by atomic mass is 32.1. The molecule has 0 N–H and O–H groups in total. The third-order valence-corrected chi connectivity index (χ3v) is 5.53. The maximum atomic E-state index is 12.5. The van der Waals surface area contributed by atoms with Gasteiger partial charge in [-0.1, -0.05) is 11.3 Å². The number of carbonyl (C=O) groups is 2. The summed E-state index contributed by atoms with van der Waals surface area (Å²) >= 11 is 1.32. The Bertz CT molecular complexity index is 1130. The second-order valence-electron chi connectivity index (χ2n) is 6.61. The highest BCUT2D eigenvalue weighted by molar-refractivity contribution is 7.16. The number of thiazole rings is 1. The van der Waals surface area contributed by atoms with Gasteiger partial charge < -0.3 is 23.5 Å². The quantitative estimate of drug-likeness (QED) is 0.342. The van der Waals surface area contributed by atoms with Gasteiger partial charge in [-0.25, -0.2) is 4.79 Å². The van der Waals surface area contributed by atoms with Gasteiger partial charge in [-0.05, 0) is 56.3 Å². The number of nitrogens with zero attached hydrogens (tertiary/aromatic N) is 2. The maximum absolute atomic E-state index is 12.5. The molecule has 3 aromatic rings. The first-order chi connectivity index (χ1) is 15.5. The molecule has 0 aliphatic carbocycles. The van der Waals surface area contributed by atoms with Crippen LogP contribution in [0.15, 0.2) is 47.5 Å². The molecule has 0 unspecified atom stereocenters. The number of esters is 1. The molecule has 8 nitrogen and oxygen atoms in total. The van der Waals surface area contributed by atoms with Gasteiger partial charge in [0.05, 0.1) is 36.1 Å². The number of benzene rings is 2. The van der Waals surface area contributed by atoms with Gasteiger partial charge in [0.25, 0.3) is 5.91 Å². The van der Waals surface area contributed by atoms with Crippen LogP contribution in [0.2, 0.25) is 0 Å². The van der Waals surface area contributed by atoms with Gasteiger partial charge in [-0.2, -0.15) is 4.99 Å². The first kappa shape index (κ1) is 23.5. The first-order valence-electron chi connectivity index (χ1n) is 10.3. The Labute approximate surface area is 190 Å². The van der Waals surface area contributed by atoms with Crippen LogP contribution in [0.5, 0.6) is 11.5 Å². The number of hydrogen-bond donors (Lipinski definition) is 0. The molecule has 0 saturated carbocycles. The average molecular weight is 459 g/mol. The zero-order valence-electron chi connectivity index (χ0n) is 18.3. The molecule has 0 fully saturated rings. The van der Waals surface area contributed by atoms with Crippen LogP contribution in [0.4, 0.5) is 0 Å². The van der Waals surface area contributed by atoms with Gasteiger partial charge in [0.1, 0.15) is 11.5 Å². The molecule has 2 aromatic carbocycles. The van der Waals surface area contributed by atoms with E-state index in [1.807, 2.05) is 24.5 Å². The number of aromatic nitrogens is 1. The normalized spacial score (nSPS) is 11.5. The summed E-state index contributed by atoms with van der Waals surface area (Å²) in [6.07, 6.45) is 0. The molecule has 0 radical (unpaired) electrons. The number of hydrogen-bond acceptors (Lipinski definition) is 7. The third kappa shape index (κ3) is 5.95. The number of fused-ring (bicyclic) bond motifs is 1. The summed E-state index contributed by atoms with van der Waals surface area (Å²) in [5.41, 5.74) is 1.30. The Hall–Kier alpha value is -3.17. The smallest absolute Gasteiger partial charge is 0.337 e. The molecule has 170 valence electrons. The fraction of sp³-hybridized carbons (Fsp3) is 0.348. The summed E-state index contributed by atoms with van der Waals surface area (Å²) in [6, 6.07) is 12.3. The lowest BCUT2D eigenvalue weighted by molar-refractivity contribution is -0.120. The zero-order valence-corrected chi connectivity index (χ0v) is 19.1. The van der Waals surface area contributed by atoms with E-state index >= 15 is 0 Å². The van der Waals surface area contributed by atoms with Crippen LogP contribution in [0.1, 0.15) is 24.2 Å². The fourth-order valence-electron chi connectivity index (χ4n) is 3.00.